The molecule has 3 heteroatoms. The number of ketones is 1. The van der Waals surface area contributed by atoms with Crippen molar-refractivity contribution in [3.8, 4) is 5.75 Å². The van der Waals surface area contributed by atoms with Crippen molar-refractivity contribution in [3.05, 3.63) is 28.8 Å². The summed E-state index contributed by atoms with van der Waals surface area (Å²) >= 11 is 0. The van der Waals surface area contributed by atoms with E-state index in [1.807, 2.05) is 13.0 Å². The zero-order chi connectivity index (χ0) is 14.1. The first kappa shape index (κ1) is 13.6. The van der Waals surface area contributed by atoms with Gasteiger partial charge in [0.25, 0.3) is 0 Å². The van der Waals surface area contributed by atoms with E-state index in [2.05, 4.69) is 11.4 Å². The van der Waals surface area contributed by atoms with Gasteiger partial charge in [0.15, 0.2) is 5.78 Å². The molecular formula is C17H23NO2. The van der Waals surface area contributed by atoms with E-state index in [0.29, 0.717) is 11.7 Å². The van der Waals surface area contributed by atoms with Gasteiger partial charge in [-0.1, -0.05) is 0 Å². The highest BCUT2D eigenvalue weighted by atomic mass is 16.5. The van der Waals surface area contributed by atoms with Crippen LogP contribution in [0.1, 0.15) is 40.7 Å². The third kappa shape index (κ3) is 2.47. The molecule has 0 saturated carbocycles. The van der Waals surface area contributed by atoms with Crippen LogP contribution in [0.2, 0.25) is 0 Å². The van der Waals surface area contributed by atoms with Gasteiger partial charge in [0.2, 0.25) is 0 Å². The van der Waals surface area contributed by atoms with Crippen LogP contribution in [-0.2, 0) is 6.42 Å². The predicted octanol–water partition coefficient (Wildman–Crippen LogP) is 2.75. The van der Waals surface area contributed by atoms with Gasteiger partial charge in [0.1, 0.15) is 5.75 Å². The van der Waals surface area contributed by atoms with Crippen molar-refractivity contribution in [2.24, 2.45) is 11.8 Å². The molecule has 108 valence electrons. The van der Waals surface area contributed by atoms with E-state index in [4.69, 9.17) is 4.74 Å². The number of Topliss-reactive ketones (excluding diaryl/α,β-unsaturated/α-hetero) is 1. The fourth-order valence-electron chi connectivity index (χ4n) is 3.64. The molecule has 1 aliphatic carbocycles. The molecule has 1 atom stereocenters. The summed E-state index contributed by atoms with van der Waals surface area (Å²) in [5, 5.41) is 3.39. The summed E-state index contributed by atoms with van der Waals surface area (Å²) in [7, 11) is 1.69. The van der Waals surface area contributed by atoms with E-state index >= 15 is 0 Å². The third-order valence-corrected chi connectivity index (χ3v) is 4.80. The Hall–Kier alpha value is -1.35. The molecule has 0 aromatic heterocycles. The fraction of sp³-hybridized carbons (Fsp3) is 0.588. The number of aryl methyl sites for hydroxylation is 1. The molecule has 0 spiro atoms. The number of carbonyl (C=O) groups excluding carboxylic acids is 1. The third-order valence-electron chi connectivity index (χ3n) is 4.80. The highest BCUT2D eigenvalue weighted by molar-refractivity contribution is 6.02. The minimum Gasteiger partial charge on any atom is -0.496 e. The van der Waals surface area contributed by atoms with Crippen molar-refractivity contribution in [2.45, 2.75) is 32.6 Å². The van der Waals surface area contributed by atoms with E-state index in [1.165, 1.54) is 18.4 Å². The Bertz CT molecular complexity index is 518. The molecule has 0 amide bonds. The lowest BCUT2D eigenvalue weighted by atomic mass is 9.86. The maximum absolute atomic E-state index is 12.6. The quantitative estimate of drug-likeness (QED) is 0.920. The Morgan fingerprint density at radius 1 is 1.30 bits per heavy atom. The molecule has 1 heterocycles. The normalized spacial score (nSPS) is 22.9. The number of hydrogen-bond acceptors (Lipinski definition) is 3. The molecule has 1 saturated heterocycles. The van der Waals surface area contributed by atoms with Crippen LogP contribution in [0.25, 0.3) is 0 Å². The molecule has 1 aromatic rings. The maximum Gasteiger partial charge on any atom is 0.166 e. The first-order valence-corrected chi connectivity index (χ1v) is 7.61. The molecule has 20 heavy (non-hydrogen) atoms. The Morgan fingerprint density at radius 2 is 2.05 bits per heavy atom. The number of fused-ring (bicyclic) bond motifs is 1. The Labute approximate surface area is 120 Å². The maximum atomic E-state index is 12.6. The molecule has 3 nitrogen and oxygen atoms in total. The van der Waals surface area contributed by atoms with Gasteiger partial charge in [-0.25, -0.2) is 0 Å². The number of methoxy groups -OCH3 is 1. The number of carbonyl (C=O) groups is 1. The van der Waals surface area contributed by atoms with Gasteiger partial charge in [0.05, 0.1) is 7.11 Å². The highest BCUT2D eigenvalue weighted by Crippen LogP contribution is 2.36. The highest BCUT2D eigenvalue weighted by Gasteiger charge is 2.33. The number of ether oxygens (including phenoxy) is 1. The molecule has 1 N–H and O–H groups in total. The summed E-state index contributed by atoms with van der Waals surface area (Å²) in [4.78, 5) is 12.6. The molecule has 1 unspecified atom stereocenters. The Balaban J connectivity index is 1.76. The lowest BCUT2D eigenvalue weighted by Crippen LogP contribution is -2.29. The molecule has 0 radical (unpaired) electrons. The summed E-state index contributed by atoms with van der Waals surface area (Å²) < 4.78 is 5.37. The largest absolute Gasteiger partial charge is 0.496 e. The van der Waals surface area contributed by atoms with E-state index in [0.717, 1.165) is 42.8 Å². The van der Waals surface area contributed by atoms with Gasteiger partial charge < -0.3 is 10.1 Å². The van der Waals surface area contributed by atoms with Crippen LogP contribution in [0, 0.1) is 18.8 Å². The van der Waals surface area contributed by atoms with E-state index < -0.39 is 0 Å². The summed E-state index contributed by atoms with van der Waals surface area (Å²) in [6, 6.07) is 4.07. The minimum absolute atomic E-state index is 0.194. The zero-order valence-corrected chi connectivity index (χ0v) is 12.4. The monoisotopic (exact) mass is 273 g/mol. The molecular weight excluding hydrogens is 250 g/mol. The Morgan fingerprint density at radius 3 is 2.75 bits per heavy atom. The van der Waals surface area contributed by atoms with Crippen LogP contribution in [0.5, 0.6) is 5.75 Å². The van der Waals surface area contributed by atoms with Crippen molar-refractivity contribution in [1.29, 1.82) is 0 Å². The van der Waals surface area contributed by atoms with Crippen molar-refractivity contribution < 1.29 is 9.53 Å². The van der Waals surface area contributed by atoms with Crippen LogP contribution >= 0.6 is 0 Å². The fourth-order valence-corrected chi connectivity index (χ4v) is 3.64. The first-order chi connectivity index (χ1) is 9.69. The van der Waals surface area contributed by atoms with Crippen LogP contribution in [0.4, 0.5) is 0 Å². The Kier molecular flexibility index (Phi) is 3.79. The summed E-state index contributed by atoms with van der Waals surface area (Å²) in [6.07, 6.45) is 4.37. The number of rotatable bonds is 3. The molecule has 1 aliphatic heterocycles. The van der Waals surface area contributed by atoms with Crippen molar-refractivity contribution in [1.82, 2.24) is 5.32 Å². The van der Waals surface area contributed by atoms with Crippen molar-refractivity contribution in [2.75, 3.05) is 20.2 Å². The van der Waals surface area contributed by atoms with Crippen LogP contribution < -0.4 is 10.1 Å². The van der Waals surface area contributed by atoms with Crippen LogP contribution in [-0.4, -0.2) is 26.0 Å². The number of piperidine rings is 1. The van der Waals surface area contributed by atoms with Crippen LogP contribution in [0.3, 0.4) is 0 Å². The van der Waals surface area contributed by atoms with Gasteiger partial charge in [-0.05, 0) is 74.9 Å². The number of nitrogens with one attached hydrogen (secondary N) is 1. The van der Waals surface area contributed by atoms with E-state index in [-0.39, 0.29) is 5.92 Å². The second-order valence-electron chi connectivity index (χ2n) is 6.17. The predicted molar refractivity (Wildman–Crippen MR) is 79.5 cm³/mol. The van der Waals surface area contributed by atoms with Gasteiger partial charge in [-0.2, -0.15) is 0 Å². The average molecular weight is 273 g/mol. The second kappa shape index (κ2) is 5.57. The summed E-state index contributed by atoms with van der Waals surface area (Å²) in [6.45, 7) is 4.21. The van der Waals surface area contributed by atoms with Gasteiger partial charge >= 0.3 is 0 Å². The lowest BCUT2D eigenvalue weighted by molar-refractivity contribution is 0.0913. The van der Waals surface area contributed by atoms with Gasteiger partial charge in [-0.15, -0.1) is 0 Å². The van der Waals surface area contributed by atoms with Crippen molar-refractivity contribution >= 4 is 5.78 Å². The SMILES string of the molecule is COc1cc2c(cc1C)C(=O)C(CC1CCNCC1)C2. The van der Waals surface area contributed by atoms with Crippen molar-refractivity contribution in [3.63, 3.8) is 0 Å². The van der Waals surface area contributed by atoms with E-state index in [9.17, 15) is 4.79 Å². The summed E-state index contributed by atoms with van der Waals surface area (Å²) in [5.41, 5.74) is 3.17. The molecule has 3 rings (SSSR count). The van der Waals surface area contributed by atoms with E-state index in [1.54, 1.807) is 7.11 Å². The average Bonchev–Trinajstić information content (AvgIpc) is 2.76. The summed E-state index contributed by atoms with van der Waals surface area (Å²) in [5.74, 6) is 2.16. The second-order valence-corrected chi connectivity index (χ2v) is 6.17. The van der Waals surface area contributed by atoms with Gasteiger partial charge in [-0.3, -0.25) is 4.79 Å². The smallest absolute Gasteiger partial charge is 0.166 e. The standard InChI is InChI=1S/C17H23NO2/c1-11-7-15-13(10-16(11)20-2)9-14(17(15)19)8-12-3-5-18-6-4-12/h7,10,12,14,18H,3-6,8-9H2,1-2H3. The zero-order valence-electron chi connectivity index (χ0n) is 12.4. The number of benzene rings is 1. The number of hydrogen-bond donors (Lipinski definition) is 1. The van der Waals surface area contributed by atoms with Crippen LogP contribution in [0.15, 0.2) is 12.1 Å². The first-order valence-electron chi connectivity index (χ1n) is 7.61. The lowest BCUT2D eigenvalue weighted by Gasteiger charge is -2.24. The molecule has 1 aromatic carbocycles. The minimum atomic E-state index is 0.194. The van der Waals surface area contributed by atoms with Gasteiger partial charge in [0, 0.05) is 11.5 Å². The molecule has 0 bridgehead atoms. The molecule has 1 fully saturated rings. The topological polar surface area (TPSA) is 38.3 Å². The molecule has 2 aliphatic rings.